The van der Waals surface area contributed by atoms with E-state index in [2.05, 4.69) is 30.3 Å². The molecular weight excluding hydrogens is 262 g/mol. The maximum atomic E-state index is 6.23. The Morgan fingerprint density at radius 2 is 2.05 bits per heavy atom. The van der Waals surface area contributed by atoms with E-state index in [1.165, 1.54) is 0 Å². The number of hydrogen-bond donors (Lipinski definition) is 2. The minimum atomic E-state index is 0.312. The number of aryl methyl sites for hydroxylation is 1. The molecule has 0 amide bonds. The highest BCUT2D eigenvalue weighted by Gasteiger charge is 2.15. The van der Waals surface area contributed by atoms with E-state index in [0.29, 0.717) is 22.5 Å². The lowest BCUT2D eigenvalue weighted by molar-refractivity contribution is 0.419. The highest BCUT2D eigenvalue weighted by Crippen LogP contribution is 2.36. The van der Waals surface area contributed by atoms with Crippen molar-refractivity contribution in [2.24, 2.45) is 5.84 Å². The largest absolute Gasteiger partial charge is 0.494 e. The van der Waals surface area contributed by atoms with E-state index in [1.807, 2.05) is 6.92 Å². The van der Waals surface area contributed by atoms with E-state index in [-0.39, 0.29) is 0 Å². The van der Waals surface area contributed by atoms with E-state index in [0.717, 1.165) is 22.0 Å². The molecule has 2 aromatic rings. The number of anilines is 1. The zero-order chi connectivity index (χ0) is 14.2. The number of benzene rings is 1. The number of nitrogens with two attached hydrogens (primary N) is 1. The smallest absolute Gasteiger partial charge is 0.146 e. The van der Waals surface area contributed by atoms with Crippen molar-refractivity contribution in [1.82, 2.24) is 4.98 Å². The van der Waals surface area contributed by atoms with Crippen molar-refractivity contribution < 1.29 is 4.74 Å². The van der Waals surface area contributed by atoms with Gasteiger partial charge >= 0.3 is 0 Å². The number of nitrogens with one attached hydrogen (secondary N) is 1. The Labute approximate surface area is 117 Å². The number of pyridine rings is 1. The Bertz CT molecular complexity index is 626. The van der Waals surface area contributed by atoms with Crippen molar-refractivity contribution in [3.05, 3.63) is 28.3 Å². The van der Waals surface area contributed by atoms with Crippen LogP contribution in [-0.4, -0.2) is 12.1 Å². The van der Waals surface area contributed by atoms with Crippen LogP contribution < -0.4 is 16.0 Å². The summed E-state index contributed by atoms with van der Waals surface area (Å²) in [5, 5.41) is 1.67. The maximum absolute atomic E-state index is 6.23. The van der Waals surface area contributed by atoms with Gasteiger partial charge in [0.2, 0.25) is 0 Å². The zero-order valence-corrected chi connectivity index (χ0v) is 12.3. The first kappa shape index (κ1) is 13.9. The molecule has 2 rings (SSSR count). The number of hydrogen-bond acceptors (Lipinski definition) is 4. The first-order chi connectivity index (χ1) is 8.99. The molecule has 0 aliphatic rings. The maximum Gasteiger partial charge on any atom is 0.146 e. The SMILES string of the molecule is COc1cc(Cl)c(C)c2cc(C(C)C)c(NN)nc12. The average Bonchev–Trinajstić information content (AvgIpc) is 2.41. The van der Waals surface area contributed by atoms with E-state index < -0.39 is 0 Å². The molecule has 1 heterocycles. The predicted octanol–water partition coefficient (Wildman–Crippen LogP) is 3.61. The molecule has 102 valence electrons. The van der Waals surface area contributed by atoms with Crippen LogP contribution in [-0.2, 0) is 0 Å². The van der Waals surface area contributed by atoms with E-state index in [4.69, 9.17) is 22.2 Å². The van der Waals surface area contributed by atoms with Crippen molar-refractivity contribution >= 4 is 28.3 Å². The fourth-order valence-corrected chi connectivity index (χ4v) is 2.34. The molecule has 0 aliphatic heterocycles. The summed E-state index contributed by atoms with van der Waals surface area (Å²) in [4.78, 5) is 4.57. The number of rotatable bonds is 3. The van der Waals surface area contributed by atoms with Gasteiger partial charge in [0, 0.05) is 16.5 Å². The van der Waals surface area contributed by atoms with Gasteiger partial charge in [-0.05, 0) is 30.0 Å². The number of fused-ring (bicyclic) bond motifs is 1. The summed E-state index contributed by atoms with van der Waals surface area (Å²) < 4.78 is 5.35. The van der Waals surface area contributed by atoms with Crippen LogP contribution in [0, 0.1) is 6.92 Å². The number of aromatic nitrogens is 1. The van der Waals surface area contributed by atoms with Crippen LogP contribution >= 0.6 is 11.6 Å². The van der Waals surface area contributed by atoms with Crippen LogP contribution in [0.2, 0.25) is 5.02 Å². The predicted molar refractivity (Wildman–Crippen MR) is 79.9 cm³/mol. The summed E-state index contributed by atoms with van der Waals surface area (Å²) in [5.74, 6) is 7.19. The monoisotopic (exact) mass is 279 g/mol. The number of nitrogens with zero attached hydrogens (tertiary/aromatic N) is 1. The summed E-state index contributed by atoms with van der Waals surface area (Å²) >= 11 is 6.23. The Balaban J connectivity index is 2.87. The molecule has 0 spiro atoms. The van der Waals surface area contributed by atoms with Crippen molar-refractivity contribution in [2.75, 3.05) is 12.5 Å². The van der Waals surface area contributed by atoms with Crippen molar-refractivity contribution in [3.8, 4) is 5.75 Å². The van der Waals surface area contributed by atoms with Crippen LogP contribution in [0.25, 0.3) is 10.9 Å². The molecule has 5 heteroatoms. The van der Waals surface area contributed by atoms with Gasteiger partial charge in [-0.15, -0.1) is 0 Å². The van der Waals surface area contributed by atoms with Gasteiger partial charge in [0.1, 0.15) is 17.1 Å². The van der Waals surface area contributed by atoms with Gasteiger partial charge in [-0.1, -0.05) is 25.4 Å². The van der Waals surface area contributed by atoms with Gasteiger partial charge in [0.05, 0.1) is 7.11 Å². The summed E-state index contributed by atoms with van der Waals surface area (Å²) in [5.41, 5.74) is 5.47. The molecule has 0 radical (unpaired) electrons. The fraction of sp³-hybridized carbons (Fsp3) is 0.357. The average molecular weight is 280 g/mol. The third-order valence-corrected chi connectivity index (χ3v) is 3.68. The Hall–Kier alpha value is -1.52. The van der Waals surface area contributed by atoms with Crippen LogP contribution in [0.5, 0.6) is 5.75 Å². The van der Waals surface area contributed by atoms with Gasteiger partial charge in [-0.2, -0.15) is 0 Å². The quantitative estimate of drug-likeness (QED) is 0.665. The second kappa shape index (κ2) is 5.23. The molecule has 0 saturated heterocycles. The standard InChI is InChI=1S/C14H18ClN3O/c1-7(2)9-5-10-8(3)11(15)6-12(19-4)13(10)17-14(9)18-16/h5-7H,16H2,1-4H3,(H,17,18). The molecule has 0 aliphatic carbocycles. The fourth-order valence-electron chi connectivity index (χ4n) is 2.13. The van der Waals surface area contributed by atoms with E-state index in [1.54, 1.807) is 13.2 Å². The second-order valence-corrected chi connectivity index (χ2v) is 5.21. The first-order valence-electron chi connectivity index (χ1n) is 6.14. The van der Waals surface area contributed by atoms with Crippen molar-refractivity contribution in [3.63, 3.8) is 0 Å². The van der Waals surface area contributed by atoms with Crippen molar-refractivity contribution in [2.45, 2.75) is 26.7 Å². The minimum Gasteiger partial charge on any atom is -0.494 e. The molecule has 1 aromatic heterocycles. The third kappa shape index (κ3) is 2.33. The molecule has 3 N–H and O–H groups in total. The molecule has 1 aromatic carbocycles. The minimum absolute atomic E-state index is 0.312. The second-order valence-electron chi connectivity index (χ2n) is 4.81. The summed E-state index contributed by atoms with van der Waals surface area (Å²) in [7, 11) is 1.61. The Kier molecular flexibility index (Phi) is 3.83. The normalized spacial score (nSPS) is 11.1. The molecule has 0 unspecified atom stereocenters. The van der Waals surface area contributed by atoms with E-state index in [9.17, 15) is 0 Å². The molecule has 4 nitrogen and oxygen atoms in total. The molecular formula is C14H18ClN3O. The first-order valence-corrected chi connectivity index (χ1v) is 6.51. The Morgan fingerprint density at radius 3 is 2.58 bits per heavy atom. The number of ether oxygens (including phenoxy) is 1. The highest BCUT2D eigenvalue weighted by molar-refractivity contribution is 6.32. The van der Waals surface area contributed by atoms with Gasteiger partial charge in [-0.25, -0.2) is 10.8 Å². The van der Waals surface area contributed by atoms with Gasteiger partial charge in [0.25, 0.3) is 0 Å². The number of halogens is 1. The lowest BCUT2D eigenvalue weighted by atomic mass is 9.99. The summed E-state index contributed by atoms with van der Waals surface area (Å²) in [6, 6.07) is 3.85. The van der Waals surface area contributed by atoms with Crippen molar-refractivity contribution in [1.29, 1.82) is 0 Å². The molecule has 0 bridgehead atoms. The van der Waals surface area contributed by atoms with Crippen LogP contribution in [0.15, 0.2) is 12.1 Å². The number of hydrazine groups is 1. The third-order valence-electron chi connectivity index (χ3n) is 3.28. The van der Waals surface area contributed by atoms with Gasteiger partial charge in [0.15, 0.2) is 0 Å². The topological polar surface area (TPSA) is 60.2 Å². The van der Waals surface area contributed by atoms with Crippen LogP contribution in [0.3, 0.4) is 0 Å². The van der Waals surface area contributed by atoms with Gasteiger partial charge in [-0.3, -0.25) is 0 Å². The summed E-state index contributed by atoms with van der Waals surface area (Å²) in [6.45, 7) is 6.17. The lowest BCUT2D eigenvalue weighted by Gasteiger charge is -2.16. The zero-order valence-electron chi connectivity index (χ0n) is 11.5. The highest BCUT2D eigenvalue weighted by atomic mass is 35.5. The number of nitrogen functional groups attached to an aromatic ring is 1. The van der Waals surface area contributed by atoms with Crippen LogP contribution in [0.4, 0.5) is 5.82 Å². The lowest BCUT2D eigenvalue weighted by Crippen LogP contribution is -2.12. The molecule has 0 saturated carbocycles. The molecule has 19 heavy (non-hydrogen) atoms. The molecule has 0 fully saturated rings. The van der Waals surface area contributed by atoms with E-state index >= 15 is 0 Å². The molecule has 0 atom stereocenters. The number of methoxy groups -OCH3 is 1. The Morgan fingerprint density at radius 1 is 1.37 bits per heavy atom. The van der Waals surface area contributed by atoms with Gasteiger partial charge < -0.3 is 10.2 Å². The van der Waals surface area contributed by atoms with Crippen LogP contribution in [0.1, 0.15) is 30.9 Å². The summed E-state index contributed by atoms with van der Waals surface area (Å²) in [6.07, 6.45) is 0.